The van der Waals surface area contributed by atoms with Crippen LogP contribution < -0.4 is 11.1 Å². The molecular formula is C20H25FN4. The Labute approximate surface area is 148 Å². The molecule has 1 unspecified atom stereocenters. The fourth-order valence-electron chi connectivity index (χ4n) is 3.38. The summed E-state index contributed by atoms with van der Waals surface area (Å²) in [7, 11) is 1.91. The van der Waals surface area contributed by atoms with Gasteiger partial charge in [-0.3, -0.25) is 0 Å². The lowest BCUT2D eigenvalue weighted by atomic mass is 9.68. The van der Waals surface area contributed by atoms with E-state index in [1.807, 2.05) is 55.3 Å². The van der Waals surface area contributed by atoms with Crippen molar-refractivity contribution in [2.24, 2.45) is 16.1 Å². The summed E-state index contributed by atoms with van der Waals surface area (Å²) < 4.78 is 14.8. The van der Waals surface area contributed by atoms with Crippen LogP contribution in [0.3, 0.4) is 0 Å². The first-order chi connectivity index (χ1) is 11.7. The third kappa shape index (κ3) is 3.06. The van der Waals surface area contributed by atoms with Crippen molar-refractivity contribution in [2.45, 2.75) is 26.3 Å². The van der Waals surface area contributed by atoms with Crippen molar-refractivity contribution < 1.29 is 4.39 Å². The second-order valence-corrected chi connectivity index (χ2v) is 7.47. The molecule has 3 rings (SSSR count). The lowest BCUT2D eigenvalue weighted by Gasteiger charge is -2.48. The van der Waals surface area contributed by atoms with E-state index < -0.39 is 5.54 Å². The van der Waals surface area contributed by atoms with E-state index >= 15 is 0 Å². The summed E-state index contributed by atoms with van der Waals surface area (Å²) >= 11 is 0. The van der Waals surface area contributed by atoms with Crippen molar-refractivity contribution in [3.63, 3.8) is 0 Å². The van der Waals surface area contributed by atoms with Crippen molar-refractivity contribution in [2.75, 3.05) is 18.9 Å². The largest absolute Gasteiger partial charge is 0.370 e. The molecule has 1 aliphatic heterocycles. The number of aliphatic imine (C=N–C) groups is 1. The molecule has 1 atom stereocenters. The Kier molecular flexibility index (Phi) is 4.19. The lowest BCUT2D eigenvalue weighted by molar-refractivity contribution is 0.124. The van der Waals surface area contributed by atoms with Crippen LogP contribution in [-0.2, 0) is 5.54 Å². The minimum atomic E-state index is -0.748. The molecule has 0 saturated heterocycles. The molecule has 1 heterocycles. The molecule has 3 N–H and O–H groups in total. The molecule has 0 spiro atoms. The number of anilines is 2. The van der Waals surface area contributed by atoms with Crippen LogP contribution in [0, 0.1) is 11.2 Å². The van der Waals surface area contributed by atoms with Crippen LogP contribution in [-0.4, -0.2) is 24.5 Å². The fourth-order valence-corrected chi connectivity index (χ4v) is 3.38. The Morgan fingerprint density at radius 1 is 1.08 bits per heavy atom. The standard InChI is InChI=1S/C20H25FN4/c1-19(2)13-25(4)18(22)24-20(19,3)16-12-15(10-11-17(16)21)23-14-8-6-5-7-9-14/h5-12,23H,13H2,1-4H3,(H2,22,24). The van der Waals surface area contributed by atoms with Crippen LogP contribution in [0.1, 0.15) is 26.3 Å². The highest BCUT2D eigenvalue weighted by Crippen LogP contribution is 2.47. The second-order valence-electron chi connectivity index (χ2n) is 7.47. The third-order valence-corrected chi connectivity index (χ3v) is 5.23. The topological polar surface area (TPSA) is 53.6 Å². The second kappa shape index (κ2) is 6.06. The Bertz CT molecular complexity index is 801. The van der Waals surface area contributed by atoms with E-state index in [4.69, 9.17) is 5.73 Å². The predicted molar refractivity (Wildman–Crippen MR) is 102 cm³/mol. The Morgan fingerprint density at radius 2 is 1.76 bits per heavy atom. The quantitative estimate of drug-likeness (QED) is 0.885. The fraction of sp³-hybridized carbons (Fsp3) is 0.350. The zero-order valence-corrected chi connectivity index (χ0v) is 15.2. The molecule has 0 saturated carbocycles. The molecule has 5 heteroatoms. The summed E-state index contributed by atoms with van der Waals surface area (Å²) in [6, 6.07) is 14.9. The molecule has 132 valence electrons. The average molecular weight is 340 g/mol. The van der Waals surface area contributed by atoms with Gasteiger partial charge in [-0.05, 0) is 37.3 Å². The normalized spacial score (nSPS) is 22.4. The summed E-state index contributed by atoms with van der Waals surface area (Å²) in [5.41, 5.74) is 7.36. The molecular weight excluding hydrogens is 315 g/mol. The minimum Gasteiger partial charge on any atom is -0.370 e. The Hall–Kier alpha value is -2.56. The average Bonchev–Trinajstić information content (AvgIpc) is 2.55. The van der Waals surface area contributed by atoms with Crippen LogP contribution in [0.4, 0.5) is 15.8 Å². The van der Waals surface area contributed by atoms with Crippen molar-refractivity contribution in [1.82, 2.24) is 4.90 Å². The highest BCUT2D eigenvalue weighted by Gasteiger charge is 2.48. The number of hydrogen-bond donors (Lipinski definition) is 2. The Balaban J connectivity index is 2.05. The van der Waals surface area contributed by atoms with Gasteiger partial charge < -0.3 is 16.0 Å². The van der Waals surface area contributed by atoms with E-state index in [1.165, 1.54) is 6.07 Å². The van der Waals surface area contributed by atoms with Gasteiger partial charge in [-0.15, -0.1) is 0 Å². The summed E-state index contributed by atoms with van der Waals surface area (Å²) in [4.78, 5) is 6.59. The number of rotatable bonds is 3. The van der Waals surface area contributed by atoms with Gasteiger partial charge in [0.1, 0.15) is 5.82 Å². The van der Waals surface area contributed by atoms with Gasteiger partial charge >= 0.3 is 0 Å². The number of benzene rings is 2. The highest BCUT2D eigenvalue weighted by molar-refractivity contribution is 5.79. The molecule has 25 heavy (non-hydrogen) atoms. The van der Waals surface area contributed by atoms with Gasteiger partial charge in [0, 0.05) is 35.9 Å². The van der Waals surface area contributed by atoms with Gasteiger partial charge in [0.15, 0.2) is 5.96 Å². The maximum absolute atomic E-state index is 14.8. The zero-order chi connectivity index (χ0) is 18.2. The van der Waals surface area contributed by atoms with Gasteiger partial charge in [0.05, 0.1) is 5.54 Å². The molecule has 2 aromatic rings. The van der Waals surface area contributed by atoms with Crippen LogP contribution in [0.2, 0.25) is 0 Å². The number of nitrogens with zero attached hydrogens (tertiary/aromatic N) is 2. The molecule has 2 aromatic carbocycles. The minimum absolute atomic E-state index is 0.268. The lowest BCUT2D eigenvalue weighted by Crippen LogP contribution is -2.54. The van der Waals surface area contributed by atoms with E-state index in [0.717, 1.165) is 11.4 Å². The van der Waals surface area contributed by atoms with E-state index in [9.17, 15) is 4.39 Å². The molecule has 1 aliphatic rings. The first-order valence-electron chi connectivity index (χ1n) is 8.41. The van der Waals surface area contributed by atoms with Gasteiger partial charge in [-0.1, -0.05) is 32.0 Å². The van der Waals surface area contributed by atoms with Crippen LogP contribution in [0.5, 0.6) is 0 Å². The monoisotopic (exact) mass is 340 g/mol. The van der Waals surface area contributed by atoms with Crippen molar-refractivity contribution in [3.8, 4) is 0 Å². The van der Waals surface area contributed by atoms with E-state index in [0.29, 0.717) is 18.1 Å². The molecule has 0 bridgehead atoms. The van der Waals surface area contributed by atoms with Gasteiger partial charge in [0.2, 0.25) is 0 Å². The summed E-state index contributed by atoms with van der Waals surface area (Å²) in [5, 5.41) is 3.32. The molecule has 0 fully saturated rings. The maximum atomic E-state index is 14.8. The van der Waals surface area contributed by atoms with E-state index in [-0.39, 0.29) is 11.2 Å². The smallest absolute Gasteiger partial charge is 0.191 e. The maximum Gasteiger partial charge on any atom is 0.191 e. The number of guanidine groups is 1. The van der Waals surface area contributed by atoms with E-state index in [1.54, 1.807) is 6.07 Å². The first kappa shape index (κ1) is 17.3. The van der Waals surface area contributed by atoms with Crippen LogP contribution >= 0.6 is 0 Å². The number of nitrogens with one attached hydrogen (secondary N) is 1. The summed E-state index contributed by atoms with van der Waals surface area (Å²) in [5.74, 6) is 0.165. The molecule has 0 amide bonds. The highest BCUT2D eigenvalue weighted by atomic mass is 19.1. The van der Waals surface area contributed by atoms with Gasteiger partial charge in [-0.2, -0.15) is 0 Å². The summed E-state index contributed by atoms with van der Waals surface area (Å²) in [6.07, 6.45) is 0. The van der Waals surface area contributed by atoms with Crippen molar-refractivity contribution in [1.29, 1.82) is 0 Å². The number of halogens is 1. The number of nitrogens with two attached hydrogens (primary N) is 1. The third-order valence-electron chi connectivity index (χ3n) is 5.23. The van der Waals surface area contributed by atoms with Crippen molar-refractivity contribution >= 4 is 17.3 Å². The number of hydrogen-bond acceptors (Lipinski definition) is 4. The van der Waals surface area contributed by atoms with Gasteiger partial charge in [-0.25, -0.2) is 9.38 Å². The number of para-hydroxylation sites is 1. The predicted octanol–water partition coefficient (Wildman–Crippen LogP) is 4.07. The summed E-state index contributed by atoms with van der Waals surface area (Å²) in [6.45, 7) is 6.85. The van der Waals surface area contributed by atoms with Crippen molar-refractivity contribution in [3.05, 3.63) is 59.9 Å². The molecule has 0 aromatic heterocycles. The first-order valence-corrected chi connectivity index (χ1v) is 8.41. The SMILES string of the molecule is CN1CC(C)(C)C(C)(c2cc(Nc3ccccc3)ccc2F)N=C1N. The van der Waals surface area contributed by atoms with Crippen LogP contribution in [0.15, 0.2) is 53.5 Å². The molecule has 4 nitrogen and oxygen atoms in total. The zero-order valence-electron chi connectivity index (χ0n) is 15.2. The molecule has 0 radical (unpaired) electrons. The van der Waals surface area contributed by atoms with Crippen LogP contribution in [0.25, 0.3) is 0 Å². The molecule has 0 aliphatic carbocycles. The Morgan fingerprint density at radius 3 is 2.44 bits per heavy atom. The van der Waals surface area contributed by atoms with Gasteiger partial charge in [0.25, 0.3) is 0 Å². The van der Waals surface area contributed by atoms with E-state index in [2.05, 4.69) is 24.2 Å².